The third-order valence-corrected chi connectivity index (χ3v) is 4.27. The third-order valence-electron chi connectivity index (χ3n) is 4.27. The molecular formula is C16H29NO4. The van der Waals surface area contributed by atoms with Gasteiger partial charge in [0.1, 0.15) is 0 Å². The van der Waals surface area contributed by atoms with Crippen LogP contribution in [0.3, 0.4) is 0 Å². The first-order valence-electron chi connectivity index (χ1n) is 8.11. The Morgan fingerprint density at radius 2 is 1.90 bits per heavy atom. The number of amides is 1. The molecule has 0 aliphatic carbocycles. The molecule has 0 N–H and O–H groups in total. The first-order valence-corrected chi connectivity index (χ1v) is 8.11. The van der Waals surface area contributed by atoms with Crippen LogP contribution in [0, 0.1) is 11.8 Å². The van der Waals surface area contributed by atoms with Gasteiger partial charge in [0.2, 0.25) is 0 Å². The summed E-state index contributed by atoms with van der Waals surface area (Å²) in [6.07, 6.45) is 5.59. The van der Waals surface area contributed by atoms with Gasteiger partial charge in [0, 0.05) is 13.1 Å². The highest BCUT2D eigenvalue weighted by Gasteiger charge is 2.28. The zero-order valence-corrected chi connectivity index (χ0v) is 13.6. The molecule has 1 rings (SSSR count). The van der Waals surface area contributed by atoms with Crippen LogP contribution in [0.5, 0.6) is 0 Å². The Morgan fingerprint density at radius 1 is 1.24 bits per heavy atom. The number of unbranched alkanes of at least 4 members (excludes halogenated alkanes) is 1. The van der Waals surface area contributed by atoms with E-state index in [1.165, 1.54) is 20.0 Å². The molecule has 1 fully saturated rings. The molecule has 1 aliphatic rings. The zero-order chi connectivity index (χ0) is 15.7. The molecule has 5 heteroatoms. The highest BCUT2D eigenvalue weighted by atomic mass is 16.6. The number of carbonyl (C=O) groups is 2. The fourth-order valence-electron chi connectivity index (χ4n) is 2.64. The predicted octanol–water partition coefficient (Wildman–Crippen LogP) is 3.22. The van der Waals surface area contributed by atoms with E-state index in [2.05, 4.69) is 13.8 Å². The van der Waals surface area contributed by atoms with Gasteiger partial charge in [-0.05, 0) is 25.2 Å². The van der Waals surface area contributed by atoms with E-state index in [0.717, 1.165) is 12.8 Å². The number of likely N-dealkylation sites (tertiary alicyclic amines) is 1. The van der Waals surface area contributed by atoms with E-state index in [0.29, 0.717) is 38.5 Å². The molecule has 1 amide bonds. The van der Waals surface area contributed by atoms with Crippen LogP contribution < -0.4 is 0 Å². The maximum atomic E-state index is 12.0. The van der Waals surface area contributed by atoms with Crippen molar-refractivity contribution in [1.29, 1.82) is 0 Å². The molecule has 0 bridgehead atoms. The van der Waals surface area contributed by atoms with Crippen LogP contribution >= 0.6 is 0 Å². The number of rotatable bonds is 7. The number of ether oxygens (including phenoxy) is 2. The number of piperidine rings is 1. The molecule has 5 nitrogen and oxygen atoms in total. The minimum absolute atomic E-state index is 0.0769. The lowest BCUT2D eigenvalue weighted by Gasteiger charge is -2.30. The van der Waals surface area contributed by atoms with E-state index >= 15 is 0 Å². The normalized spacial score (nSPS) is 17.4. The van der Waals surface area contributed by atoms with Crippen LogP contribution in [-0.2, 0) is 14.3 Å². The molecule has 0 spiro atoms. The van der Waals surface area contributed by atoms with Crippen molar-refractivity contribution < 1.29 is 19.1 Å². The van der Waals surface area contributed by atoms with Gasteiger partial charge in [-0.15, -0.1) is 0 Å². The predicted molar refractivity (Wildman–Crippen MR) is 81.0 cm³/mol. The molecular weight excluding hydrogens is 270 g/mol. The van der Waals surface area contributed by atoms with Gasteiger partial charge in [-0.1, -0.05) is 33.1 Å². The quantitative estimate of drug-likeness (QED) is 0.677. The van der Waals surface area contributed by atoms with Crippen molar-refractivity contribution in [3.05, 3.63) is 0 Å². The largest absolute Gasteiger partial charge is 0.469 e. The Hall–Kier alpha value is -1.26. The number of nitrogens with zero attached hydrogens (tertiary/aromatic N) is 1. The van der Waals surface area contributed by atoms with E-state index < -0.39 is 0 Å². The molecule has 1 heterocycles. The van der Waals surface area contributed by atoms with Gasteiger partial charge < -0.3 is 14.4 Å². The van der Waals surface area contributed by atoms with E-state index in [1.807, 2.05) is 0 Å². The second kappa shape index (κ2) is 9.64. The van der Waals surface area contributed by atoms with Crippen LogP contribution in [-0.4, -0.2) is 43.8 Å². The molecule has 0 radical (unpaired) electrons. The van der Waals surface area contributed by atoms with E-state index in [1.54, 1.807) is 4.90 Å². The second-order valence-electron chi connectivity index (χ2n) is 5.78. The van der Waals surface area contributed by atoms with Crippen molar-refractivity contribution in [3.8, 4) is 0 Å². The van der Waals surface area contributed by atoms with Crippen LogP contribution in [0.15, 0.2) is 0 Å². The van der Waals surface area contributed by atoms with Gasteiger partial charge in [0.05, 0.1) is 19.6 Å². The monoisotopic (exact) mass is 299 g/mol. The smallest absolute Gasteiger partial charge is 0.409 e. The second-order valence-corrected chi connectivity index (χ2v) is 5.78. The van der Waals surface area contributed by atoms with Gasteiger partial charge >= 0.3 is 12.1 Å². The minimum atomic E-state index is -0.242. The summed E-state index contributed by atoms with van der Waals surface area (Å²) in [5.74, 6) is 0.210. The van der Waals surface area contributed by atoms with Gasteiger partial charge in [0.25, 0.3) is 0 Å². The molecule has 21 heavy (non-hydrogen) atoms. The lowest BCUT2D eigenvalue weighted by Crippen LogP contribution is -2.41. The lowest BCUT2D eigenvalue weighted by molar-refractivity contribution is -0.146. The fraction of sp³-hybridized carbons (Fsp3) is 0.875. The van der Waals surface area contributed by atoms with Crippen molar-refractivity contribution in [1.82, 2.24) is 4.90 Å². The van der Waals surface area contributed by atoms with Crippen LogP contribution in [0.2, 0.25) is 0 Å². The minimum Gasteiger partial charge on any atom is -0.469 e. The molecule has 1 atom stereocenters. The van der Waals surface area contributed by atoms with Crippen LogP contribution in [0.1, 0.15) is 52.4 Å². The number of methoxy groups -OCH3 is 1. The van der Waals surface area contributed by atoms with Crippen LogP contribution in [0.25, 0.3) is 0 Å². The molecule has 0 aromatic heterocycles. The molecule has 122 valence electrons. The Morgan fingerprint density at radius 3 is 2.43 bits per heavy atom. The first-order chi connectivity index (χ1) is 10.1. The Kier molecular flexibility index (Phi) is 8.16. The summed E-state index contributed by atoms with van der Waals surface area (Å²) < 4.78 is 10.2. The van der Waals surface area contributed by atoms with Gasteiger partial charge in [-0.2, -0.15) is 0 Å². The summed E-state index contributed by atoms with van der Waals surface area (Å²) in [6, 6.07) is 0. The Labute approximate surface area is 128 Å². The maximum Gasteiger partial charge on any atom is 0.409 e. The van der Waals surface area contributed by atoms with Crippen molar-refractivity contribution in [2.24, 2.45) is 11.8 Å². The summed E-state index contributed by atoms with van der Waals surface area (Å²) in [6.45, 7) is 5.96. The van der Waals surface area contributed by atoms with Crippen molar-refractivity contribution in [2.45, 2.75) is 52.4 Å². The van der Waals surface area contributed by atoms with Gasteiger partial charge in [0.15, 0.2) is 0 Å². The highest BCUT2D eigenvalue weighted by molar-refractivity contribution is 5.73. The highest BCUT2D eigenvalue weighted by Crippen LogP contribution is 2.20. The van der Waals surface area contributed by atoms with Crippen molar-refractivity contribution >= 4 is 12.1 Å². The maximum absolute atomic E-state index is 12.0. The molecule has 1 unspecified atom stereocenters. The van der Waals surface area contributed by atoms with Crippen LogP contribution in [0.4, 0.5) is 4.79 Å². The van der Waals surface area contributed by atoms with Gasteiger partial charge in [-0.25, -0.2) is 4.79 Å². The third kappa shape index (κ3) is 5.94. The molecule has 0 saturated carbocycles. The van der Waals surface area contributed by atoms with E-state index in [-0.39, 0.29) is 18.0 Å². The number of esters is 1. The molecule has 1 aliphatic heterocycles. The molecule has 0 aromatic rings. The standard InChI is InChI=1S/C16H29NO4/c1-4-6-7-13(5-2)12-21-16(19)17-10-8-14(9-11-17)15(18)20-3/h13-14H,4-12H2,1-3H3. The molecule has 0 aromatic carbocycles. The lowest BCUT2D eigenvalue weighted by atomic mass is 9.97. The van der Waals surface area contributed by atoms with Crippen molar-refractivity contribution in [3.63, 3.8) is 0 Å². The first kappa shape index (κ1) is 17.8. The average Bonchev–Trinajstić information content (AvgIpc) is 2.54. The van der Waals surface area contributed by atoms with Crippen molar-refractivity contribution in [2.75, 3.05) is 26.8 Å². The number of hydrogen-bond acceptors (Lipinski definition) is 4. The van der Waals surface area contributed by atoms with E-state index in [9.17, 15) is 9.59 Å². The summed E-state index contributed by atoms with van der Waals surface area (Å²) in [7, 11) is 1.41. The molecule has 1 saturated heterocycles. The summed E-state index contributed by atoms with van der Waals surface area (Å²) in [5, 5.41) is 0. The summed E-state index contributed by atoms with van der Waals surface area (Å²) in [4.78, 5) is 25.2. The topological polar surface area (TPSA) is 55.8 Å². The average molecular weight is 299 g/mol. The fourth-order valence-corrected chi connectivity index (χ4v) is 2.64. The van der Waals surface area contributed by atoms with E-state index in [4.69, 9.17) is 9.47 Å². The number of hydrogen-bond donors (Lipinski definition) is 0. The number of carbonyl (C=O) groups excluding carboxylic acids is 2. The summed E-state index contributed by atoms with van der Waals surface area (Å²) in [5.41, 5.74) is 0. The SMILES string of the molecule is CCCCC(CC)COC(=O)N1CCC(C(=O)OC)CC1. The summed E-state index contributed by atoms with van der Waals surface area (Å²) >= 11 is 0. The van der Waals surface area contributed by atoms with Gasteiger partial charge in [-0.3, -0.25) is 4.79 Å². The Balaban J connectivity index is 2.28. The Bertz CT molecular complexity index is 324. The zero-order valence-electron chi connectivity index (χ0n) is 13.6.